The maximum absolute atomic E-state index is 11.9. The summed E-state index contributed by atoms with van der Waals surface area (Å²) in [5, 5.41) is 0. The van der Waals surface area contributed by atoms with Crippen molar-refractivity contribution >= 4 is 11.8 Å². The molecule has 0 N–H and O–H groups in total. The van der Waals surface area contributed by atoms with Crippen LogP contribution in [0, 0.1) is 19.3 Å². The predicted octanol–water partition coefficient (Wildman–Crippen LogP) is 3.62. The van der Waals surface area contributed by atoms with E-state index in [0.717, 1.165) is 11.1 Å². The normalized spacial score (nSPS) is 11.0. The van der Waals surface area contributed by atoms with E-state index >= 15 is 0 Å². The lowest BCUT2D eigenvalue weighted by Crippen LogP contribution is -2.26. The molecule has 1 aromatic carbocycles. The summed E-state index contributed by atoms with van der Waals surface area (Å²) >= 11 is 0. The van der Waals surface area contributed by atoms with Gasteiger partial charge in [0.05, 0.1) is 5.41 Å². The van der Waals surface area contributed by atoms with Crippen LogP contribution in [0.15, 0.2) is 24.8 Å². The molecule has 3 heteroatoms. The molecule has 0 radical (unpaired) electrons. The van der Waals surface area contributed by atoms with E-state index < -0.39 is 5.41 Å². The zero-order valence-corrected chi connectivity index (χ0v) is 12.2. The number of carbonyl (C=O) groups is 2. The number of hydrogen-bond donors (Lipinski definition) is 0. The van der Waals surface area contributed by atoms with Gasteiger partial charge in [0, 0.05) is 5.56 Å². The van der Waals surface area contributed by atoms with Crippen LogP contribution in [0.5, 0.6) is 5.75 Å². The summed E-state index contributed by atoms with van der Waals surface area (Å²) in [5.74, 6) is 0.0742. The molecule has 1 aromatic rings. The second-order valence-corrected chi connectivity index (χ2v) is 5.57. The zero-order chi connectivity index (χ0) is 14.8. The van der Waals surface area contributed by atoms with Gasteiger partial charge in [-0.2, -0.15) is 0 Å². The molecule has 0 saturated heterocycles. The Balaban J connectivity index is 3.14. The Kier molecular flexibility index (Phi) is 4.30. The molecule has 102 valence electrons. The third kappa shape index (κ3) is 3.31. The van der Waals surface area contributed by atoms with Gasteiger partial charge in [-0.15, -0.1) is 0 Å². The Labute approximate surface area is 114 Å². The lowest BCUT2D eigenvalue weighted by Gasteiger charge is -2.18. The summed E-state index contributed by atoms with van der Waals surface area (Å²) in [4.78, 5) is 23.5. The smallest absolute Gasteiger partial charge is 0.316 e. The molecular weight excluding hydrogens is 240 g/mol. The molecule has 0 unspecified atom stereocenters. The molecule has 0 aliphatic carbocycles. The van der Waals surface area contributed by atoms with Gasteiger partial charge in [-0.3, -0.25) is 9.59 Å². The molecule has 1 rings (SSSR count). The highest BCUT2D eigenvalue weighted by Crippen LogP contribution is 2.27. The van der Waals surface area contributed by atoms with Gasteiger partial charge in [0.15, 0.2) is 5.78 Å². The second-order valence-electron chi connectivity index (χ2n) is 5.57. The second kappa shape index (κ2) is 5.39. The fourth-order valence-corrected chi connectivity index (χ4v) is 1.54. The van der Waals surface area contributed by atoms with Crippen LogP contribution >= 0.6 is 0 Å². The van der Waals surface area contributed by atoms with Crippen molar-refractivity contribution in [2.45, 2.75) is 34.6 Å². The molecule has 0 aliphatic rings. The highest BCUT2D eigenvalue weighted by Gasteiger charge is 2.24. The standard InChI is InChI=1S/C16H20O3/c1-7-13(17)12-8-9-14(11(3)10(12)2)19-15(18)16(4,5)6/h7-9H,1H2,2-6H3. The number of benzene rings is 1. The van der Waals surface area contributed by atoms with Crippen molar-refractivity contribution in [1.82, 2.24) is 0 Å². The SMILES string of the molecule is C=CC(=O)c1ccc(OC(=O)C(C)(C)C)c(C)c1C. The highest BCUT2D eigenvalue weighted by atomic mass is 16.5. The van der Waals surface area contributed by atoms with Gasteiger partial charge >= 0.3 is 5.97 Å². The average Bonchev–Trinajstić information content (AvgIpc) is 2.33. The molecule has 0 aromatic heterocycles. The molecule has 0 amide bonds. The van der Waals surface area contributed by atoms with Crippen LogP contribution in [0.1, 0.15) is 42.3 Å². The zero-order valence-electron chi connectivity index (χ0n) is 12.2. The van der Waals surface area contributed by atoms with Crippen molar-refractivity contribution in [2.75, 3.05) is 0 Å². The Morgan fingerprint density at radius 3 is 2.21 bits per heavy atom. The van der Waals surface area contributed by atoms with Crippen LogP contribution in [-0.4, -0.2) is 11.8 Å². The first-order valence-corrected chi connectivity index (χ1v) is 6.17. The van der Waals surface area contributed by atoms with Crippen molar-refractivity contribution in [3.05, 3.63) is 41.5 Å². The van der Waals surface area contributed by atoms with E-state index in [0.29, 0.717) is 11.3 Å². The van der Waals surface area contributed by atoms with Crippen LogP contribution in [0.3, 0.4) is 0 Å². The Morgan fingerprint density at radius 2 is 1.74 bits per heavy atom. The number of allylic oxidation sites excluding steroid dienone is 1. The number of esters is 1. The molecule has 0 heterocycles. The Bertz CT molecular complexity index is 534. The van der Waals surface area contributed by atoms with Crippen molar-refractivity contribution in [1.29, 1.82) is 0 Å². The third-order valence-corrected chi connectivity index (χ3v) is 3.00. The van der Waals surface area contributed by atoms with E-state index in [9.17, 15) is 9.59 Å². The molecular formula is C16H20O3. The summed E-state index contributed by atoms with van der Waals surface area (Å²) in [5.41, 5.74) is 1.63. The minimum Gasteiger partial charge on any atom is -0.426 e. The summed E-state index contributed by atoms with van der Waals surface area (Å²) in [6, 6.07) is 3.32. The van der Waals surface area contributed by atoms with Gasteiger partial charge in [-0.05, 0) is 64.0 Å². The molecule has 0 fully saturated rings. The van der Waals surface area contributed by atoms with E-state index in [4.69, 9.17) is 4.74 Å². The molecule has 3 nitrogen and oxygen atoms in total. The first-order chi connectivity index (χ1) is 8.68. The summed E-state index contributed by atoms with van der Waals surface area (Å²) in [6.07, 6.45) is 1.28. The topological polar surface area (TPSA) is 43.4 Å². The fraction of sp³-hybridized carbons (Fsp3) is 0.375. The van der Waals surface area contributed by atoms with Gasteiger partial charge < -0.3 is 4.74 Å². The molecule has 0 aliphatic heterocycles. The van der Waals surface area contributed by atoms with E-state index in [-0.39, 0.29) is 11.8 Å². The van der Waals surface area contributed by atoms with Gasteiger partial charge in [0.25, 0.3) is 0 Å². The summed E-state index contributed by atoms with van der Waals surface area (Å²) < 4.78 is 5.38. The average molecular weight is 260 g/mol. The number of hydrogen-bond acceptors (Lipinski definition) is 3. The van der Waals surface area contributed by atoms with Crippen LogP contribution in [-0.2, 0) is 4.79 Å². The lowest BCUT2D eigenvalue weighted by molar-refractivity contribution is -0.143. The van der Waals surface area contributed by atoms with Crippen LogP contribution in [0.4, 0.5) is 0 Å². The van der Waals surface area contributed by atoms with Crippen molar-refractivity contribution in [3.63, 3.8) is 0 Å². The third-order valence-electron chi connectivity index (χ3n) is 3.00. The maximum Gasteiger partial charge on any atom is 0.316 e. The monoisotopic (exact) mass is 260 g/mol. The van der Waals surface area contributed by atoms with Crippen LogP contribution in [0.25, 0.3) is 0 Å². The largest absolute Gasteiger partial charge is 0.426 e. The fourth-order valence-electron chi connectivity index (χ4n) is 1.54. The van der Waals surface area contributed by atoms with Crippen LogP contribution in [0.2, 0.25) is 0 Å². The summed E-state index contributed by atoms with van der Waals surface area (Å²) in [7, 11) is 0. The summed E-state index contributed by atoms with van der Waals surface area (Å²) in [6.45, 7) is 12.5. The van der Waals surface area contributed by atoms with E-state index in [2.05, 4.69) is 6.58 Å². The molecule has 0 spiro atoms. The lowest BCUT2D eigenvalue weighted by atomic mass is 9.96. The highest BCUT2D eigenvalue weighted by molar-refractivity contribution is 6.05. The Hall–Kier alpha value is -1.90. The van der Waals surface area contributed by atoms with Crippen LogP contribution < -0.4 is 4.74 Å². The van der Waals surface area contributed by atoms with Gasteiger partial charge in [0.2, 0.25) is 0 Å². The van der Waals surface area contributed by atoms with E-state index in [1.54, 1.807) is 32.9 Å². The minimum atomic E-state index is -0.560. The van der Waals surface area contributed by atoms with Crippen molar-refractivity contribution < 1.29 is 14.3 Å². The van der Waals surface area contributed by atoms with Crippen molar-refractivity contribution in [2.24, 2.45) is 5.41 Å². The molecule has 0 atom stereocenters. The number of rotatable bonds is 3. The van der Waals surface area contributed by atoms with E-state index in [1.165, 1.54) is 6.08 Å². The number of carbonyl (C=O) groups excluding carboxylic acids is 2. The van der Waals surface area contributed by atoms with Gasteiger partial charge in [0.1, 0.15) is 5.75 Å². The number of ether oxygens (including phenoxy) is 1. The van der Waals surface area contributed by atoms with Crippen molar-refractivity contribution in [3.8, 4) is 5.75 Å². The van der Waals surface area contributed by atoms with Gasteiger partial charge in [-0.25, -0.2) is 0 Å². The quantitative estimate of drug-likeness (QED) is 0.361. The first-order valence-electron chi connectivity index (χ1n) is 6.17. The first kappa shape index (κ1) is 15.2. The van der Waals surface area contributed by atoms with Gasteiger partial charge in [-0.1, -0.05) is 6.58 Å². The molecule has 0 bridgehead atoms. The number of ketones is 1. The molecule has 0 saturated carbocycles. The maximum atomic E-state index is 11.9. The van der Waals surface area contributed by atoms with E-state index in [1.807, 2.05) is 13.8 Å². The Morgan fingerprint density at radius 1 is 1.16 bits per heavy atom. The predicted molar refractivity (Wildman–Crippen MR) is 75.5 cm³/mol. The minimum absolute atomic E-state index is 0.130. The molecule has 19 heavy (non-hydrogen) atoms.